The standard InChI is InChI=1S/C22H15ClN2O4/c23-15-5-7-18-17(12-15)25-22(29-18)14-2-1-3-16(10-14)24-21(26)13-4-6-19-20(11-13)28-9-8-27-19/h1-7,10-12H,8-9H2,(H,24,26). The van der Waals surface area contributed by atoms with Crippen LogP contribution in [0.5, 0.6) is 11.5 Å². The second-order valence-electron chi connectivity index (χ2n) is 6.52. The summed E-state index contributed by atoms with van der Waals surface area (Å²) in [5, 5.41) is 3.49. The summed E-state index contributed by atoms with van der Waals surface area (Å²) in [6, 6.07) is 17.7. The second-order valence-corrected chi connectivity index (χ2v) is 6.96. The van der Waals surface area contributed by atoms with Crippen LogP contribution in [0.4, 0.5) is 5.69 Å². The number of anilines is 1. The molecule has 1 aromatic heterocycles. The Morgan fingerprint density at radius 2 is 1.83 bits per heavy atom. The van der Waals surface area contributed by atoms with Crippen LogP contribution in [-0.2, 0) is 0 Å². The zero-order chi connectivity index (χ0) is 19.8. The molecule has 7 heteroatoms. The van der Waals surface area contributed by atoms with E-state index >= 15 is 0 Å². The number of fused-ring (bicyclic) bond motifs is 2. The van der Waals surface area contributed by atoms with E-state index in [4.69, 9.17) is 25.5 Å². The lowest BCUT2D eigenvalue weighted by Gasteiger charge is -2.18. The average Bonchev–Trinajstić information content (AvgIpc) is 3.17. The zero-order valence-electron chi connectivity index (χ0n) is 15.1. The van der Waals surface area contributed by atoms with E-state index in [9.17, 15) is 4.79 Å². The molecule has 4 aromatic rings. The number of aromatic nitrogens is 1. The van der Waals surface area contributed by atoms with Crippen LogP contribution in [0.15, 0.2) is 65.1 Å². The minimum absolute atomic E-state index is 0.247. The molecule has 0 unspecified atom stereocenters. The molecule has 3 aromatic carbocycles. The van der Waals surface area contributed by atoms with Gasteiger partial charge in [-0.15, -0.1) is 0 Å². The fourth-order valence-electron chi connectivity index (χ4n) is 3.14. The molecule has 0 fully saturated rings. The quantitative estimate of drug-likeness (QED) is 0.508. The number of amides is 1. The monoisotopic (exact) mass is 406 g/mol. The first-order valence-electron chi connectivity index (χ1n) is 9.03. The number of ether oxygens (including phenoxy) is 2. The van der Waals surface area contributed by atoms with Crippen molar-refractivity contribution < 1.29 is 18.7 Å². The Balaban J connectivity index is 1.40. The summed E-state index contributed by atoms with van der Waals surface area (Å²) < 4.78 is 16.8. The molecule has 1 N–H and O–H groups in total. The van der Waals surface area contributed by atoms with Crippen LogP contribution in [0, 0.1) is 0 Å². The van der Waals surface area contributed by atoms with Crippen LogP contribution in [-0.4, -0.2) is 24.1 Å². The predicted molar refractivity (Wildman–Crippen MR) is 110 cm³/mol. The Bertz CT molecular complexity index is 1230. The molecule has 5 rings (SSSR count). The third-order valence-corrected chi connectivity index (χ3v) is 4.76. The molecule has 0 atom stereocenters. The molecule has 1 aliphatic heterocycles. The normalized spacial score (nSPS) is 12.7. The summed E-state index contributed by atoms with van der Waals surface area (Å²) in [7, 11) is 0. The molecular weight excluding hydrogens is 392 g/mol. The van der Waals surface area contributed by atoms with Gasteiger partial charge < -0.3 is 19.2 Å². The summed E-state index contributed by atoms with van der Waals surface area (Å²) in [6.07, 6.45) is 0. The Kier molecular flexibility index (Phi) is 4.33. The summed E-state index contributed by atoms with van der Waals surface area (Å²) in [5.41, 5.74) is 3.18. The van der Waals surface area contributed by atoms with Crippen LogP contribution in [0.2, 0.25) is 5.02 Å². The smallest absolute Gasteiger partial charge is 0.255 e. The summed E-state index contributed by atoms with van der Waals surface area (Å²) in [6.45, 7) is 0.975. The Morgan fingerprint density at radius 3 is 2.72 bits per heavy atom. The molecule has 29 heavy (non-hydrogen) atoms. The van der Waals surface area contributed by atoms with Gasteiger partial charge >= 0.3 is 0 Å². The second kappa shape index (κ2) is 7.14. The van der Waals surface area contributed by atoms with E-state index in [1.165, 1.54) is 0 Å². The molecule has 0 aliphatic carbocycles. The molecule has 1 aliphatic rings. The van der Waals surface area contributed by atoms with Gasteiger partial charge in [-0.05, 0) is 54.6 Å². The van der Waals surface area contributed by atoms with Crippen molar-refractivity contribution >= 4 is 34.3 Å². The first-order chi connectivity index (χ1) is 14.2. The first-order valence-corrected chi connectivity index (χ1v) is 9.41. The maximum absolute atomic E-state index is 12.7. The topological polar surface area (TPSA) is 73.6 Å². The number of carbonyl (C=O) groups excluding carboxylic acids is 1. The summed E-state index contributed by atoms with van der Waals surface area (Å²) in [5.74, 6) is 1.43. The number of nitrogens with one attached hydrogen (secondary N) is 1. The average molecular weight is 407 g/mol. The zero-order valence-corrected chi connectivity index (χ0v) is 15.9. The van der Waals surface area contributed by atoms with Crippen molar-refractivity contribution in [2.45, 2.75) is 0 Å². The van der Waals surface area contributed by atoms with Crippen LogP contribution >= 0.6 is 11.6 Å². The molecule has 1 amide bonds. The van der Waals surface area contributed by atoms with Crippen molar-refractivity contribution in [3.8, 4) is 23.0 Å². The van der Waals surface area contributed by atoms with Gasteiger partial charge in [0, 0.05) is 21.8 Å². The van der Waals surface area contributed by atoms with E-state index in [0.717, 1.165) is 5.56 Å². The van der Waals surface area contributed by atoms with E-state index in [-0.39, 0.29) is 5.91 Å². The highest BCUT2D eigenvalue weighted by atomic mass is 35.5. The Hall–Kier alpha value is -3.51. The van der Waals surface area contributed by atoms with Gasteiger partial charge in [-0.3, -0.25) is 4.79 Å². The van der Waals surface area contributed by atoms with Gasteiger partial charge in [0.15, 0.2) is 17.1 Å². The van der Waals surface area contributed by atoms with Crippen molar-refractivity contribution in [1.29, 1.82) is 0 Å². The van der Waals surface area contributed by atoms with Gasteiger partial charge in [-0.2, -0.15) is 0 Å². The van der Waals surface area contributed by atoms with Crippen LogP contribution in [0.3, 0.4) is 0 Å². The highest BCUT2D eigenvalue weighted by Gasteiger charge is 2.16. The molecular formula is C22H15ClN2O4. The summed E-state index contributed by atoms with van der Waals surface area (Å²) >= 11 is 6.01. The number of hydrogen-bond donors (Lipinski definition) is 1. The van der Waals surface area contributed by atoms with Crippen molar-refractivity contribution in [3.05, 3.63) is 71.2 Å². The number of oxazole rings is 1. The van der Waals surface area contributed by atoms with E-state index < -0.39 is 0 Å². The third-order valence-electron chi connectivity index (χ3n) is 4.52. The third kappa shape index (κ3) is 3.50. The predicted octanol–water partition coefficient (Wildman–Crippen LogP) is 5.17. The lowest BCUT2D eigenvalue weighted by atomic mass is 10.1. The van der Waals surface area contributed by atoms with E-state index in [2.05, 4.69) is 10.3 Å². The van der Waals surface area contributed by atoms with Gasteiger partial charge in [-0.25, -0.2) is 4.98 Å². The molecule has 2 heterocycles. The van der Waals surface area contributed by atoms with Gasteiger partial charge in [0.1, 0.15) is 18.7 Å². The Labute approximate surface area is 171 Å². The highest BCUT2D eigenvalue weighted by Crippen LogP contribution is 2.31. The largest absolute Gasteiger partial charge is 0.486 e. The molecule has 0 saturated heterocycles. The number of benzene rings is 3. The first kappa shape index (κ1) is 17.6. The fourth-order valence-corrected chi connectivity index (χ4v) is 3.31. The molecule has 6 nitrogen and oxygen atoms in total. The van der Waals surface area contributed by atoms with Crippen LogP contribution in [0.1, 0.15) is 10.4 Å². The SMILES string of the molecule is O=C(Nc1cccc(-c2nc3cc(Cl)ccc3o2)c1)c1ccc2c(c1)OCCO2. The van der Waals surface area contributed by atoms with Crippen molar-refractivity contribution in [2.24, 2.45) is 0 Å². The van der Waals surface area contributed by atoms with E-state index in [1.807, 2.05) is 18.2 Å². The fraction of sp³-hybridized carbons (Fsp3) is 0.0909. The van der Waals surface area contributed by atoms with Gasteiger partial charge in [0.2, 0.25) is 5.89 Å². The lowest BCUT2D eigenvalue weighted by Crippen LogP contribution is -2.17. The van der Waals surface area contributed by atoms with Gasteiger partial charge in [-0.1, -0.05) is 17.7 Å². The van der Waals surface area contributed by atoms with Gasteiger partial charge in [0.25, 0.3) is 5.91 Å². The van der Waals surface area contributed by atoms with E-state index in [1.54, 1.807) is 42.5 Å². The summed E-state index contributed by atoms with van der Waals surface area (Å²) in [4.78, 5) is 17.1. The number of hydrogen-bond acceptors (Lipinski definition) is 5. The van der Waals surface area contributed by atoms with Crippen molar-refractivity contribution in [2.75, 3.05) is 18.5 Å². The van der Waals surface area contributed by atoms with Gasteiger partial charge in [0.05, 0.1) is 0 Å². The molecule has 0 spiro atoms. The molecule has 144 valence electrons. The molecule has 0 radical (unpaired) electrons. The molecule has 0 bridgehead atoms. The number of rotatable bonds is 3. The lowest BCUT2D eigenvalue weighted by molar-refractivity contribution is 0.102. The maximum Gasteiger partial charge on any atom is 0.255 e. The Morgan fingerprint density at radius 1 is 0.966 bits per heavy atom. The number of halogens is 1. The number of nitrogens with zero attached hydrogens (tertiary/aromatic N) is 1. The highest BCUT2D eigenvalue weighted by molar-refractivity contribution is 6.31. The maximum atomic E-state index is 12.7. The minimum Gasteiger partial charge on any atom is -0.486 e. The van der Waals surface area contributed by atoms with Crippen molar-refractivity contribution in [3.63, 3.8) is 0 Å². The van der Waals surface area contributed by atoms with Crippen LogP contribution < -0.4 is 14.8 Å². The van der Waals surface area contributed by atoms with Crippen molar-refractivity contribution in [1.82, 2.24) is 4.98 Å². The van der Waals surface area contributed by atoms with E-state index in [0.29, 0.717) is 58.0 Å². The minimum atomic E-state index is -0.247. The molecule has 0 saturated carbocycles. The van der Waals surface area contributed by atoms with Crippen LogP contribution in [0.25, 0.3) is 22.6 Å². The number of carbonyl (C=O) groups is 1.